The maximum Gasteiger partial charge on any atom is 1.00 e. The molecule has 0 bridgehead atoms. The Kier molecular flexibility index (Phi) is 60.3. The molecule has 0 unspecified atom stereocenters. The van der Waals surface area contributed by atoms with Crippen LogP contribution in [-0.4, -0.2) is 23.9 Å². The van der Waals surface area contributed by atoms with Crippen LogP contribution in [0.25, 0.3) is 0 Å². The minimum Gasteiger partial charge on any atom is -0.749 e. The number of carbonyl (C=O) groups excluding carboxylic acids is 4. The van der Waals surface area contributed by atoms with E-state index >= 15 is 0 Å². The molecule has 0 aromatic carbocycles. The maximum atomic E-state index is 10.0. The zero-order valence-corrected chi connectivity index (χ0v) is 13.2. The van der Waals surface area contributed by atoms with Crippen molar-refractivity contribution in [3.8, 4) is 0 Å². The molecule has 0 aliphatic rings. The summed E-state index contributed by atoms with van der Waals surface area (Å²) in [5.41, 5.74) is 0. The van der Waals surface area contributed by atoms with Crippen LogP contribution in [0.5, 0.6) is 0 Å². The van der Waals surface area contributed by atoms with Crippen molar-refractivity contribution in [2.45, 2.75) is 0 Å². The van der Waals surface area contributed by atoms with Gasteiger partial charge in [0.1, 0.15) is 0 Å². The average molecular weight is 312 g/mol. The number of carboxylic acids is 4. The summed E-state index contributed by atoms with van der Waals surface area (Å²) in [6.07, 6.45) is 0. The molecule has 0 rings (SSSR count). The van der Waals surface area contributed by atoms with Gasteiger partial charge in [-0.1, -0.05) is 0 Å². The summed E-state index contributed by atoms with van der Waals surface area (Å²) in [5.74, 6) is -8.74. The standard InChI is InChI=1S/2C2H2O4.F2HO2P.5Li/c2*3-1(4)2(5)6;1-5(2,3)4;;;;;/h2*(H,3,4)(H,5,6);(H,3,4);;;;;/q;;;5*+1/p-5. The molecule has 0 aliphatic heterocycles. The van der Waals surface area contributed by atoms with Crippen molar-refractivity contribution in [3.05, 3.63) is 0 Å². The fourth-order valence-electron chi connectivity index (χ4n) is 0. The fourth-order valence-corrected chi connectivity index (χ4v) is 0. The van der Waals surface area contributed by atoms with Gasteiger partial charge in [0.15, 0.2) is 0 Å². The summed E-state index contributed by atoms with van der Waals surface area (Å²) in [6, 6.07) is 0. The molecule has 0 aliphatic carbocycles. The number of carbonyl (C=O) groups is 4. The molecule has 0 saturated carbocycles. The normalized spacial score (nSPS) is 6.68. The first kappa shape index (κ1) is 49.5. The topological polar surface area (TPSA) is 201 Å². The van der Waals surface area contributed by atoms with E-state index in [1.54, 1.807) is 0 Å². The molecular formula is C4F2Li5O10P. The van der Waals surface area contributed by atoms with E-state index in [0.717, 1.165) is 0 Å². The van der Waals surface area contributed by atoms with Gasteiger partial charge in [-0.05, 0) is 0 Å². The van der Waals surface area contributed by atoms with Gasteiger partial charge in [-0.2, -0.15) is 8.39 Å². The number of halogens is 2. The molecular weight excluding hydrogens is 312 g/mol. The van der Waals surface area contributed by atoms with E-state index < -0.39 is 31.9 Å². The number of carboxylic acid groups (broad SMARTS) is 4. The van der Waals surface area contributed by atoms with Gasteiger partial charge in [0.05, 0.1) is 23.9 Å². The Morgan fingerprint density at radius 3 is 0.636 bits per heavy atom. The van der Waals surface area contributed by atoms with Crippen molar-refractivity contribution in [2.24, 2.45) is 0 Å². The molecule has 0 N–H and O–H groups in total. The molecule has 0 amide bonds. The van der Waals surface area contributed by atoms with E-state index in [0.29, 0.717) is 0 Å². The molecule has 18 heteroatoms. The second-order valence-corrected chi connectivity index (χ2v) is 2.39. The van der Waals surface area contributed by atoms with Gasteiger partial charge < -0.3 is 44.5 Å². The monoisotopic (exact) mass is 312 g/mol. The first-order valence-electron chi connectivity index (χ1n) is 2.84. The maximum absolute atomic E-state index is 10.0. The van der Waals surface area contributed by atoms with Gasteiger partial charge in [0.2, 0.25) is 0 Å². The Labute approximate surface area is 182 Å². The van der Waals surface area contributed by atoms with Gasteiger partial charge in [-0.15, -0.1) is 0 Å². The van der Waals surface area contributed by atoms with Crippen LogP contribution in [-0.2, 0) is 23.7 Å². The number of hydrogen-bond acceptors (Lipinski definition) is 10. The zero-order valence-electron chi connectivity index (χ0n) is 12.3. The molecule has 0 fully saturated rings. The van der Waals surface area contributed by atoms with Crippen molar-refractivity contribution >= 4 is 31.9 Å². The Balaban J connectivity index is -0.0000000201. The van der Waals surface area contributed by atoms with Crippen molar-refractivity contribution in [3.63, 3.8) is 0 Å². The Morgan fingerprint density at radius 1 is 0.591 bits per heavy atom. The van der Waals surface area contributed by atoms with E-state index in [-0.39, 0.29) is 94.3 Å². The molecule has 0 aromatic heterocycles. The minimum atomic E-state index is -5.89. The van der Waals surface area contributed by atoms with Crippen LogP contribution < -0.4 is 120 Å². The minimum absolute atomic E-state index is 0. The van der Waals surface area contributed by atoms with Crippen molar-refractivity contribution in [1.82, 2.24) is 0 Å². The Morgan fingerprint density at radius 2 is 0.636 bits per heavy atom. The molecule has 0 radical (unpaired) electrons. The molecule has 100 valence electrons. The van der Waals surface area contributed by atoms with Gasteiger partial charge in [-0.3, -0.25) is 4.57 Å². The first-order valence-corrected chi connectivity index (χ1v) is 4.24. The Bertz CT molecular complexity index is 305. The predicted molar refractivity (Wildman–Crippen MR) is 29.9 cm³/mol. The van der Waals surface area contributed by atoms with E-state index in [1.807, 2.05) is 0 Å². The summed E-state index contributed by atoms with van der Waals surface area (Å²) < 4.78 is 28.4. The molecule has 10 nitrogen and oxygen atoms in total. The van der Waals surface area contributed by atoms with Gasteiger partial charge >= 0.3 is 102 Å². The van der Waals surface area contributed by atoms with E-state index in [4.69, 9.17) is 49.1 Å². The number of hydrogen-bond donors (Lipinski definition) is 0. The van der Waals surface area contributed by atoms with Crippen LogP contribution in [0.15, 0.2) is 0 Å². The smallest absolute Gasteiger partial charge is 0.749 e. The third kappa shape index (κ3) is 104. The van der Waals surface area contributed by atoms with E-state index in [2.05, 4.69) is 0 Å². The van der Waals surface area contributed by atoms with Crippen LogP contribution in [0.2, 0.25) is 0 Å². The third-order valence-electron chi connectivity index (χ3n) is 0.333. The Hall–Kier alpha value is 0.917. The van der Waals surface area contributed by atoms with Crippen molar-refractivity contribution in [1.29, 1.82) is 0 Å². The predicted octanol–water partition coefficient (Wildman–Crippen LogP) is -21.6. The van der Waals surface area contributed by atoms with Crippen LogP contribution in [0.1, 0.15) is 0 Å². The molecule has 22 heavy (non-hydrogen) atoms. The van der Waals surface area contributed by atoms with Gasteiger partial charge in [0, 0.05) is 0 Å². The van der Waals surface area contributed by atoms with Crippen molar-refractivity contribution < 1.29 is 152 Å². The number of rotatable bonds is 0. The van der Waals surface area contributed by atoms with Crippen molar-refractivity contribution in [2.75, 3.05) is 0 Å². The van der Waals surface area contributed by atoms with Crippen LogP contribution in [0.3, 0.4) is 0 Å². The summed E-state index contributed by atoms with van der Waals surface area (Å²) in [6.45, 7) is 0. The first-order chi connectivity index (χ1) is 7.29. The molecule has 0 heterocycles. The van der Waals surface area contributed by atoms with Crippen LogP contribution >= 0.6 is 7.99 Å². The molecule has 0 aromatic rings. The molecule has 0 atom stereocenters. The van der Waals surface area contributed by atoms with E-state index in [1.165, 1.54) is 0 Å². The van der Waals surface area contributed by atoms with E-state index in [9.17, 15) is 8.39 Å². The summed E-state index contributed by atoms with van der Waals surface area (Å²) in [5, 5.41) is 35.7. The van der Waals surface area contributed by atoms with Gasteiger partial charge in [-0.25, -0.2) is 0 Å². The SMILES string of the molecule is O=C([O-])C(=O)[O-].O=C([O-])C(=O)[O-].O=P([O-])(F)F.[Li+].[Li+].[Li+].[Li+].[Li+]. The second kappa shape index (κ2) is 26.8. The summed E-state index contributed by atoms with van der Waals surface area (Å²) >= 11 is 0. The summed E-state index contributed by atoms with van der Waals surface area (Å²) in [7, 11) is -5.89. The number of aliphatic carboxylic acids is 4. The average Bonchev–Trinajstić information content (AvgIpc) is 2.01. The molecule has 0 saturated heterocycles. The largest absolute Gasteiger partial charge is 1.00 e. The fraction of sp³-hybridized carbons (Fsp3) is 0. The quantitative estimate of drug-likeness (QED) is 0.235. The third-order valence-corrected chi connectivity index (χ3v) is 0.333. The zero-order chi connectivity index (χ0) is 14.8. The van der Waals surface area contributed by atoms with Crippen LogP contribution in [0, 0.1) is 0 Å². The van der Waals surface area contributed by atoms with Crippen LogP contribution in [0.4, 0.5) is 8.39 Å². The molecule has 0 spiro atoms. The summed E-state index contributed by atoms with van der Waals surface area (Å²) in [4.78, 5) is 44.0. The van der Waals surface area contributed by atoms with Gasteiger partial charge in [0.25, 0.3) is 0 Å². The second-order valence-electron chi connectivity index (χ2n) is 1.56.